The van der Waals surface area contributed by atoms with E-state index in [9.17, 15) is 14.0 Å². The van der Waals surface area contributed by atoms with Crippen molar-refractivity contribution >= 4 is 11.7 Å². The molecule has 1 aromatic carbocycles. The number of aromatic nitrogens is 2. The Kier molecular flexibility index (Phi) is 2.93. The van der Waals surface area contributed by atoms with Crippen LogP contribution in [0.3, 0.4) is 0 Å². The molecule has 0 bridgehead atoms. The molecule has 1 amide bonds. The summed E-state index contributed by atoms with van der Waals surface area (Å²) in [7, 11) is 0. The van der Waals surface area contributed by atoms with Crippen molar-refractivity contribution in [1.29, 1.82) is 0 Å². The normalized spacial score (nSPS) is 10.3. The summed E-state index contributed by atoms with van der Waals surface area (Å²) >= 11 is 0. The van der Waals surface area contributed by atoms with Crippen LogP contribution < -0.4 is 5.73 Å². The lowest BCUT2D eigenvalue weighted by Gasteiger charge is -2.04. The van der Waals surface area contributed by atoms with Gasteiger partial charge in [0.15, 0.2) is 5.78 Å². The fourth-order valence-electron chi connectivity index (χ4n) is 1.49. The van der Waals surface area contributed by atoms with Crippen molar-refractivity contribution in [2.75, 3.05) is 0 Å². The number of amides is 1. The lowest BCUT2D eigenvalue weighted by molar-refractivity contribution is 0.0996. The van der Waals surface area contributed by atoms with Gasteiger partial charge in [-0.25, -0.2) is 9.07 Å². The van der Waals surface area contributed by atoms with Crippen molar-refractivity contribution in [3.8, 4) is 5.69 Å². The zero-order chi connectivity index (χ0) is 13.3. The molecule has 1 aromatic heterocycles. The maximum atomic E-state index is 13.8. The zero-order valence-electron chi connectivity index (χ0n) is 9.55. The quantitative estimate of drug-likeness (QED) is 0.830. The van der Waals surface area contributed by atoms with Crippen LogP contribution >= 0.6 is 0 Å². The smallest absolute Gasteiger partial charge is 0.251 e. The maximum absolute atomic E-state index is 13.8. The molecule has 2 N–H and O–H groups in total. The van der Waals surface area contributed by atoms with Crippen LogP contribution in [0.1, 0.15) is 27.6 Å². The SMILES string of the molecule is CC(=O)c1ccc(-n2cc(C(N)=O)cn2)c(F)c1. The van der Waals surface area contributed by atoms with Gasteiger partial charge < -0.3 is 5.73 Å². The van der Waals surface area contributed by atoms with Crippen molar-refractivity contribution in [3.63, 3.8) is 0 Å². The van der Waals surface area contributed by atoms with Gasteiger partial charge in [0, 0.05) is 11.8 Å². The van der Waals surface area contributed by atoms with Crippen LogP contribution in [0.4, 0.5) is 4.39 Å². The molecule has 0 aliphatic carbocycles. The molecule has 2 rings (SSSR count). The number of ketones is 1. The number of carbonyl (C=O) groups is 2. The first kappa shape index (κ1) is 12.0. The third kappa shape index (κ3) is 2.13. The molecule has 6 heteroatoms. The molecule has 0 spiro atoms. The number of hydrogen-bond donors (Lipinski definition) is 1. The van der Waals surface area contributed by atoms with Crippen LogP contribution in [-0.2, 0) is 0 Å². The molecule has 18 heavy (non-hydrogen) atoms. The molecule has 0 fully saturated rings. The summed E-state index contributed by atoms with van der Waals surface area (Å²) in [6.45, 7) is 1.35. The number of halogens is 1. The van der Waals surface area contributed by atoms with Crippen molar-refractivity contribution in [1.82, 2.24) is 9.78 Å². The fourth-order valence-corrected chi connectivity index (χ4v) is 1.49. The van der Waals surface area contributed by atoms with E-state index in [1.165, 1.54) is 36.1 Å². The third-order valence-electron chi connectivity index (χ3n) is 2.47. The van der Waals surface area contributed by atoms with E-state index in [0.29, 0.717) is 0 Å². The Morgan fingerprint density at radius 2 is 2.06 bits per heavy atom. The second kappa shape index (κ2) is 4.40. The minimum Gasteiger partial charge on any atom is -0.366 e. The molecule has 5 nitrogen and oxygen atoms in total. The fraction of sp³-hybridized carbons (Fsp3) is 0.0833. The van der Waals surface area contributed by atoms with E-state index in [1.807, 2.05) is 0 Å². The predicted molar refractivity (Wildman–Crippen MR) is 62.0 cm³/mol. The molecule has 2 aromatic rings. The van der Waals surface area contributed by atoms with E-state index in [2.05, 4.69) is 5.10 Å². The number of carbonyl (C=O) groups excluding carboxylic acids is 2. The Hall–Kier alpha value is -2.50. The number of primary amides is 1. The molecule has 0 radical (unpaired) electrons. The highest BCUT2D eigenvalue weighted by atomic mass is 19.1. The van der Waals surface area contributed by atoms with Crippen LogP contribution in [-0.4, -0.2) is 21.5 Å². The van der Waals surface area contributed by atoms with Gasteiger partial charge in [0.05, 0.1) is 11.8 Å². The van der Waals surface area contributed by atoms with E-state index < -0.39 is 11.7 Å². The Labute approximate surface area is 102 Å². The van der Waals surface area contributed by atoms with Gasteiger partial charge in [-0.3, -0.25) is 9.59 Å². The number of benzene rings is 1. The van der Waals surface area contributed by atoms with Gasteiger partial charge in [0.25, 0.3) is 5.91 Å². The van der Waals surface area contributed by atoms with Crippen molar-refractivity contribution in [2.45, 2.75) is 6.92 Å². The number of nitrogens with zero attached hydrogens (tertiary/aromatic N) is 2. The van der Waals surface area contributed by atoms with Gasteiger partial charge in [-0.2, -0.15) is 5.10 Å². The highest BCUT2D eigenvalue weighted by Crippen LogP contribution is 2.15. The van der Waals surface area contributed by atoms with Gasteiger partial charge >= 0.3 is 0 Å². The lowest BCUT2D eigenvalue weighted by atomic mass is 10.1. The van der Waals surface area contributed by atoms with Gasteiger partial charge in [0.2, 0.25) is 0 Å². The van der Waals surface area contributed by atoms with Gasteiger partial charge in [-0.05, 0) is 25.1 Å². The van der Waals surface area contributed by atoms with E-state index in [1.54, 1.807) is 0 Å². The Morgan fingerprint density at radius 1 is 1.33 bits per heavy atom. The van der Waals surface area contributed by atoms with Crippen LogP contribution in [0.15, 0.2) is 30.6 Å². The van der Waals surface area contributed by atoms with Crippen LogP contribution in [0, 0.1) is 5.82 Å². The first-order valence-corrected chi connectivity index (χ1v) is 5.14. The number of hydrogen-bond acceptors (Lipinski definition) is 3. The lowest BCUT2D eigenvalue weighted by Crippen LogP contribution is -2.09. The van der Waals surface area contributed by atoms with E-state index >= 15 is 0 Å². The summed E-state index contributed by atoms with van der Waals surface area (Å²) in [6.07, 6.45) is 2.58. The second-order valence-corrected chi connectivity index (χ2v) is 3.76. The molecule has 0 atom stereocenters. The Bertz CT molecular complexity index is 634. The van der Waals surface area contributed by atoms with Crippen LogP contribution in [0.25, 0.3) is 5.69 Å². The number of Topliss-reactive ketones (excluding diaryl/α,β-unsaturated/α-hetero) is 1. The van der Waals surface area contributed by atoms with Crippen molar-refractivity contribution < 1.29 is 14.0 Å². The standard InChI is InChI=1S/C12H10FN3O2/c1-7(17)8-2-3-11(10(13)4-8)16-6-9(5-15-16)12(14)18/h2-6H,1H3,(H2,14,18). The average molecular weight is 247 g/mol. The molecular weight excluding hydrogens is 237 g/mol. The molecule has 0 aliphatic heterocycles. The third-order valence-corrected chi connectivity index (χ3v) is 2.47. The van der Waals surface area contributed by atoms with E-state index in [0.717, 1.165) is 6.07 Å². The highest BCUT2D eigenvalue weighted by molar-refractivity contribution is 5.94. The Morgan fingerprint density at radius 3 is 2.56 bits per heavy atom. The van der Waals surface area contributed by atoms with Crippen LogP contribution in [0.5, 0.6) is 0 Å². The molecule has 1 heterocycles. The minimum absolute atomic E-state index is 0.146. The van der Waals surface area contributed by atoms with Crippen molar-refractivity contribution in [3.05, 3.63) is 47.5 Å². The van der Waals surface area contributed by atoms with Crippen LogP contribution in [0.2, 0.25) is 0 Å². The largest absolute Gasteiger partial charge is 0.366 e. The summed E-state index contributed by atoms with van der Waals surface area (Å²) in [6, 6.07) is 4.04. The monoisotopic (exact) mass is 247 g/mol. The topological polar surface area (TPSA) is 78.0 Å². The molecule has 92 valence electrons. The molecular formula is C12H10FN3O2. The maximum Gasteiger partial charge on any atom is 0.251 e. The van der Waals surface area contributed by atoms with Gasteiger partial charge in [-0.1, -0.05) is 0 Å². The summed E-state index contributed by atoms with van der Waals surface area (Å²) in [4.78, 5) is 22.0. The highest BCUT2D eigenvalue weighted by Gasteiger charge is 2.11. The van der Waals surface area contributed by atoms with Crippen molar-refractivity contribution in [2.24, 2.45) is 5.73 Å². The number of nitrogens with two attached hydrogens (primary N) is 1. The van der Waals surface area contributed by atoms with Gasteiger partial charge in [-0.15, -0.1) is 0 Å². The summed E-state index contributed by atoms with van der Waals surface area (Å²) < 4.78 is 15.0. The first-order chi connectivity index (χ1) is 8.49. The van der Waals surface area contributed by atoms with E-state index in [-0.39, 0.29) is 22.6 Å². The molecule has 0 saturated heterocycles. The summed E-state index contributed by atoms with van der Waals surface area (Å²) in [5.74, 6) is -1.46. The predicted octanol–water partition coefficient (Wildman–Crippen LogP) is 1.31. The Balaban J connectivity index is 2.44. The first-order valence-electron chi connectivity index (χ1n) is 5.14. The minimum atomic E-state index is -0.637. The van der Waals surface area contributed by atoms with E-state index in [4.69, 9.17) is 5.73 Å². The second-order valence-electron chi connectivity index (χ2n) is 3.76. The molecule has 0 aliphatic rings. The number of rotatable bonds is 3. The molecule has 0 saturated carbocycles. The molecule has 0 unspecified atom stereocenters. The summed E-state index contributed by atoms with van der Waals surface area (Å²) in [5.41, 5.74) is 5.68. The average Bonchev–Trinajstić information content (AvgIpc) is 2.78. The summed E-state index contributed by atoms with van der Waals surface area (Å²) in [5, 5.41) is 3.83. The van der Waals surface area contributed by atoms with Gasteiger partial charge in [0.1, 0.15) is 11.5 Å². The zero-order valence-corrected chi connectivity index (χ0v) is 9.55.